The second-order valence-electron chi connectivity index (χ2n) is 8.48. The number of pyridine rings is 1. The molecule has 0 aliphatic heterocycles. The highest BCUT2D eigenvalue weighted by Gasteiger charge is 2.24. The normalized spacial score (nSPS) is 18.5. The van der Waals surface area contributed by atoms with Crippen molar-refractivity contribution in [1.29, 1.82) is 0 Å². The molecule has 9 nitrogen and oxygen atoms in total. The van der Waals surface area contributed by atoms with Crippen molar-refractivity contribution in [3.63, 3.8) is 0 Å². The summed E-state index contributed by atoms with van der Waals surface area (Å²) < 4.78 is 16.5. The van der Waals surface area contributed by atoms with E-state index in [2.05, 4.69) is 20.7 Å². The Balaban J connectivity index is 1.70. The lowest BCUT2D eigenvalue weighted by atomic mass is 9.91. The van der Waals surface area contributed by atoms with Gasteiger partial charge in [-0.3, -0.25) is 9.48 Å². The Morgan fingerprint density at radius 1 is 1.22 bits per heavy atom. The number of amides is 1. The Morgan fingerprint density at radius 3 is 2.66 bits per heavy atom. The van der Waals surface area contributed by atoms with Gasteiger partial charge in [0.05, 0.1) is 11.1 Å². The molecule has 2 aromatic heterocycles. The van der Waals surface area contributed by atoms with Crippen molar-refractivity contribution in [2.45, 2.75) is 37.8 Å². The van der Waals surface area contributed by atoms with Crippen LogP contribution in [0.25, 0.3) is 10.9 Å². The number of hydrogen-bond acceptors (Lipinski definition) is 7. The van der Waals surface area contributed by atoms with Crippen molar-refractivity contribution in [2.24, 2.45) is 18.5 Å². The van der Waals surface area contributed by atoms with E-state index in [9.17, 15) is 9.18 Å². The molecule has 10 heteroatoms. The van der Waals surface area contributed by atoms with Crippen molar-refractivity contribution in [3.8, 4) is 0 Å². The molecule has 3 aromatic rings. The fourth-order valence-corrected chi connectivity index (χ4v) is 4.18. The third kappa shape index (κ3) is 4.18. The first-order valence-corrected chi connectivity index (χ1v) is 10.7. The minimum Gasteiger partial charge on any atom is -0.365 e. The average Bonchev–Trinajstić information content (AvgIpc) is 3.08. The van der Waals surface area contributed by atoms with Gasteiger partial charge >= 0.3 is 0 Å². The molecule has 1 aliphatic rings. The second kappa shape index (κ2) is 8.62. The van der Waals surface area contributed by atoms with Gasteiger partial charge in [0, 0.05) is 44.3 Å². The van der Waals surface area contributed by atoms with Gasteiger partial charge in [-0.15, -0.1) is 0 Å². The van der Waals surface area contributed by atoms with E-state index in [1.165, 1.54) is 0 Å². The first-order valence-electron chi connectivity index (χ1n) is 10.7. The molecular weight excluding hydrogens is 411 g/mol. The predicted octanol–water partition coefficient (Wildman–Crippen LogP) is 2.70. The molecule has 2 heterocycles. The molecule has 4 rings (SSSR count). The molecule has 32 heavy (non-hydrogen) atoms. The Kier molecular flexibility index (Phi) is 5.88. The Hall–Kier alpha value is -3.40. The second-order valence-corrected chi connectivity index (χ2v) is 8.48. The molecule has 0 bridgehead atoms. The van der Waals surface area contributed by atoms with E-state index in [4.69, 9.17) is 11.5 Å². The lowest BCUT2D eigenvalue weighted by molar-refractivity contribution is 0.100. The highest BCUT2D eigenvalue weighted by atomic mass is 19.1. The van der Waals surface area contributed by atoms with Crippen molar-refractivity contribution in [3.05, 3.63) is 35.6 Å². The Morgan fingerprint density at radius 2 is 1.97 bits per heavy atom. The molecule has 0 unspecified atom stereocenters. The predicted molar refractivity (Wildman–Crippen MR) is 125 cm³/mol. The third-order valence-corrected chi connectivity index (χ3v) is 5.90. The molecular formula is C22H29FN8O. The SMILES string of the molecule is CN(C)c1nn(C)c2ccc(Nc3nc(N[C@@H]4CCCC[C@@H]4N)c(F)cc3C(N)=O)cc12. The molecule has 1 aromatic carbocycles. The van der Waals surface area contributed by atoms with E-state index in [1.54, 1.807) is 4.68 Å². The number of aryl methyl sites for hydroxylation is 1. The van der Waals surface area contributed by atoms with Gasteiger partial charge in [0.25, 0.3) is 5.91 Å². The van der Waals surface area contributed by atoms with Crippen LogP contribution < -0.4 is 27.0 Å². The van der Waals surface area contributed by atoms with Gasteiger partial charge in [0.15, 0.2) is 17.5 Å². The summed E-state index contributed by atoms with van der Waals surface area (Å²) in [7, 11) is 5.72. The van der Waals surface area contributed by atoms with E-state index in [0.29, 0.717) is 5.69 Å². The number of fused-ring (bicyclic) bond motifs is 1. The molecule has 0 saturated heterocycles. The van der Waals surface area contributed by atoms with Crippen LogP contribution in [-0.2, 0) is 7.05 Å². The lowest BCUT2D eigenvalue weighted by Gasteiger charge is -2.30. The van der Waals surface area contributed by atoms with Crippen molar-refractivity contribution < 1.29 is 9.18 Å². The summed E-state index contributed by atoms with van der Waals surface area (Å²) in [5, 5.41) is 11.7. The largest absolute Gasteiger partial charge is 0.365 e. The molecule has 6 N–H and O–H groups in total. The van der Waals surface area contributed by atoms with Crippen molar-refractivity contribution in [2.75, 3.05) is 29.6 Å². The molecule has 0 radical (unpaired) electrons. The number of benzene rings is 1. The molecule has 1 saturated carbocycles. The molecule has 2 atom stereocenters. The number of carbonyl (C=O) groups excluding carboxylic acids is 1. The fraction of sp³-hybridized carbons (Fsp3) is 0.409. The number of nitrogens with zero attached hydrogens (tertiary/aromatic N) is 4. The first kappa shape index (κ1) is 21.8. The summed E-state index contributed by atoms with van der Waals surface area (Å²) in [5.41, 5.74) is 13.3. The van der Waals surface area contributed by atoms with E-state index in [-0.39, 0.29) is 29.3 Å². The summed E-state index contributed by atoms with van der Waals surface area (Å²) >= 11 is 0. The summed E-state index contributed by atoms with van der Waals surface area (Å²) in [5.74, 6) is -0.366. The number of nitrogens with one attached hydrogen (secondary N) is 2. The van der Waals surface area contributed by atoms with E-state index < -0.39 is 11.7 Å². The van der Waals surface area contributed by atoms with Crippen LogP contribution in [0.5, 0.6) is 0 Å². The zero-order chi connectivity index (χ0) is 23.0. The van der Waals surface area contributed by atoms with Gasteiger partial charge in [-0.1, -0.05) is 12.8 Å². The number of carbonyl (C=O) groups is 1. The maximum absolute atomic E-state index is 14.7. The number of anilines is 4. The molecule has 170 valence electrons. The monoisotopic (exact) mass is 440 g/mol. The number of primary amides is 1. The quantitative estimate of drug-likeness (QED) is 0.464. The minimum atomic E-state index is -0.767. The average molecular weight is 441 g/mol. The highest BCUT2D eigenvalue weighted by Crippen LogP contribution is 2.30. The van der Waals surface area contributed by atoms with Gasteiger partial charge in [-0.05, 0) is 37.1 Å². The van der Waals surface area contributed by atoms with Crippen LogP contribution in [-0.4, -0.2) is 46.9 Å². The number of rotatable bonds is 6. The number of nitrogens with two attached hydrogens (primary N) is 2. The molecule has 1 amide bonds. The van der Waals surface area contributed by atoms with E-state index in [1.807, 2.05) is 44.2 Å². The fourth-order valence-electron chi connectivity index (χ4n) is 4.18. The van der Waals surface area contributed by atoms with Gasteiger partial charge in [-0.2, -0.15) is 5.10 Å². The maximum Gasteiger partial charge on any atom is 0.252 e. The topological polar surface area (TPSA) is 127 Å². The maximum atomic E-state index is 14.7. The van der Waals surface area contributed by atoms with Crippen LogP contribution in [0, 0.1) is 5.82 Å². The third-order valence-electron chi connectivity index (χ3n) is 5.90. The first-order chi connectivity index (χ1) is 15.2. The van der Waals surface area contributed by atoms with E-state index in [0.717, 1.165) is 48.5 Å². The lowest BCUT2D eigenvalue weighted by Crippen LogP contribution is -2.43. The van der Waals surface area contributed by atoms with Gasteiger partial charge in [-0.25, -0.2) is 9.37 Å². The standard InChI is InChI=1S/C22H29FN8O/c1-30(2)22-13-10-12(8-9-18(13)31(3)29-22)26-20-14(19(25)32)11-15(23)21(28-20)27-17-7-5-4-6-16(17)24/h8-11,16-17H,4-7,24H2,1-3H3,(H2,25,32)(H2,26,27,28)/t16-,17+/m0/s1. The molecule has 0 spiro atoms. The highest BCUT2D eigenvalue weighted by molar-refractivity contribution is 5.99. The van der Waals surface area contributed by atoms with Gasteiger partial charge < -0.3 is 27.0 Å². The van der Waals surface area contributed by atoms with Crippen LogP contribution in [0.2, 0.25) is 0 Å². The number of hydrogen-bond donors (Lipinski definition) is 4. The number of halogens is 1. The summed E-state index contributed by atoms with van der Waals surface area (Å²) in [6.07, 6.45) is 3.81. The van der Waals surface area contributed by atoms with Gasteiger partial charge in [0.1, 0.15) is 5.82 Å². The number of aromatic nitrogens is 3. The summed E-state index contributed by atoms with van der Waals surface area (Å²) in [4.78, 5) is 18.3. The van der Waals surface area contributed by atoms with Crippen LogP contribution in [0.15, 0.2) is 24.3 Å². The van der Waals surface area contributed by atoms with Crippen molar-refractivity contribution >= 4 is 40.0 Å². The summed E-state index contributed by atoms with van der Waals surface area (Å²) in [6.45, 7) is 0. The molecule has 1 aliphatic carbocycles. The van der Waals surface area contributed by atoms with E-state index >= 15 is 0 Å². The minimum absolute atomic E-state index is 0.0277. The summed E-state index contributed by atoms with van der Waals surface area (Å²) in [6, 6.07) is 6.65. The smallest absolute Gasteiger partial charge is 0.252 e. The Labute approximate surface area is 186 Å². The Bertz CT molecular complexity index is 1160. The van der Waals surface area contributed by atoms with Crippen LogP contribution >= 0.6 is 0 Å². The van der Waals surface area contributed by atoms with Crippen LogP contribution in [0.4, 0.5) is 27.5 Å². The van der Waals surface area contributed by atoms with Crippen molar-refractivity contribution in [1.82, 2.24) is 14.8 Å². The van der Waals surface area contributed by atoms with Crippen LogP contribution in [0.1, 0.15) is 36.0 Å². The molecule has 1 fully saturated rings. The zero-order valence-electron chi connectivity index (χ0n) is 18.5. The zero-order valence-corrected chi connectivity index (χ0v) is 18.5. The van der Waals surface area contributed by atoms with Crippen LogP contribution in [0.3, 0.4) is 0 Å². The van der Waals surface area contributed by atoms with Gasteiger partial charge in [0.2, 0.25) is 0 Å².